The van der Waals surface area contributed by atoms with Crippen molar-refractivity contribution < 1.29 is 18.7 Å². The van der Waals surface area contributed by atoms with E-state index in [-0.39, 0.29) is 17.7 Å². The summed E-state index contributed by atoms with van der Waals surface area (Å²) in [6, 6.07) is 7.26. The summed E-state index contributed by atoms with van der Waals surface area (Å²) in [6.07, 6.45) is 1.28. The van der Waals surface area contributed by atoms with Gasteiger partial charge in [0, 0.05) is 7.05 Å². The molecule has 2 amide bonds. The number of anilines is 2. The third-order valence-corrected chi connectivity index (χ3v) is 4.04. The fourth-order valence-corrected chi connectivity index (χ4v) is 2.88. The zero-order valence-corrected chi connectivity index (χ0v) is 14.1. The number of hydrogen-bond acceptors (Lipinski definition) is 5. The second kappa shape index (κ2) is 5.67. The van der Waals surface area contributed by atoms with Crippen LogP contribution < -0.4 is 14.5 Å². The highest BCUT2D eigenvalue weighted by atomic mass is 16.6. The number of hydrogen-bond donors (Lipinski definition) is 0. The fraction of sp³-hybridized carbons (Fsp3) is 0.353. The number of carbonyl (C=O) groups excluding carboxylic acids is 2. The number of likely N-dealkylation sites (N-methyl/N-ethyl adjacent to an activating group) is 1. The van der Waals surface area contributed by atoms with Crippen LogP contribution in [0.25, 0.3) is 0 Å². The van der Waals surface area contributed by atoms with Crippen molar-refractivity contribution in [1.82, 2.24) is 4.98 Å². The first-order valence-corrected chi connectivity index (χ1v) is 7.68. The zero-order chi connectivity index (χ0) is 17.5. The number of fused-ring (bicyclic) bond motifs is 1. The summed E-state index contributed by atoms with van der Waals surface area (Å²) in [4.78, 5) is 32.8. The van der Waals surface area contributed by atoms with Gasteiger partial charge in [0.1, 0.15) is 11.8 Å². The lowest BCUT2D eigenvalue weighted by atomic mass is 9.94. The minimum absolute atomic E-state index is 0.0346. The van der Waals surface area contributed by atoms with Gasteiger partial charge in [0.2, 0.25) is 0 Å². The second-order valence-corrected chi connectivity index (χ2v) is 5.98. The van der Waals surface area contributed by atoms with Crippen LogP contribution in [0.1, 0.15) is 31.3 Å². The summed E-state index contributed by atoms with van der Waals surface area (Å²) < 4.78 is 10.3. The summed E-state index contributed by atoms with van der Waals surface area (Å²) in [5, 5.41) is 0. The SMILES string of the molecule is CCOc1nc(C(=O)N2c3ccccc3N(C)C(=O)C2(C)C)co1. The van der Waals surface area contributed by atoms with E-state index in [1.807, 2.05) is 18.2 Å². The van der Waals surface area contributed by atoms with Crippen molar-refractivity contribution in [3.8, 4) is 6.08 Å². The number of benzene rings is 1. The molecule has 3 rings (SSSR count). The zero-order valence-electron chi connectivity index (χ0n) is 14.1. The van der Waals surface area contributed by atoms with E-state index in [9.17, 15) is 9.59 Å². The van der Waals surface area contributed by atoms with E-state index < -0.39 is 11.4 Å². The summed E-state index contributed by atoms with van der Waals surface area (Å²) >= 11 is 0. The number of para-hydroxylation sites is 2. The van der Waals surface area contributed by atoms with Gasteiger partial charge in [-0.3, -0.25) is 14.5 Å². The topological polar surface area (TPSA) is 75.9 Å². The largest absolute Gasteiger partial charge is 0.450 e. The van der Waals surface area contributed by atoms with Gasteiger partial charge in [0.25, 0.3) is 11.8 Å². The summed E-state index contributed by atoms with van der Waals surface area (Å²) in [5.74, 6) is -0.591. The third-order valence-electron chi connectivity index (χ3n) is 4.04. The van der Waals surface area contributed by atoms with Gasteiger partial charge in [-0.15, -0.1) is 0 Å². The van der Waals surface area contributed by atoms with Gasteiger partial charge < -0.3 is 14.1 Å². The van der Waals surface area contributed by atoms with Gasteiger partial charge in [0.05, 0.1) is 18.0 Å². The Morgan fingerprint density at radius 2 is 1.96 bits per heavy atom. The predicted octanol–water partition coefficient (Wildman–Crippen LogP) is 2.48. The summed E-state index contributed by atoms with van der Waals surface area (Å²) in [5.41, 5.74) is 0.364. The molecular formula is C17H19N3O4. The smallest absolute Gasteiger partial charge is 0.394 e. The third kappa shape index (κ3) is 2.33. The number of rotatable bonds is 3. The molecule has 0 aliphatic carbocycles. The summed E-state index contributed by atoms with van der Waals surface area (Å²) in [6.45, 7) is 5.60. The molecule has 0 saturated heterocycles. The van der Waals surface area contributed by atoms with Crippen LogP contribution in [0.5, 0.6) is 6.08 Å². The maximum atomic E-state index is 13.0. The van der Waals surface area contributed by atoms with Crippen molar-refractivity contribution in [3.63, 3.8) is 0 Å². The van der Waals surface area contributed by atoms with Crippen molar-refractivity contribution in [3.05, 3.63) is 36.2 Å². The molecule has 126 valence electrons. The first-order valence-electron chi connectivity index (χ1n) is 7.68. The average molecular weight is 329 g/mol. The van der Waals surface area contributed by atoms with Crippen LogP contribution in [0.2, 0.25) is 0 Å². The molecule has 0 saturated carbocycles. The highest BCUT2D eigenvalue weighted by molar-refractivity contribution is 6.18. The molecule has 1 aliphatic heterocycles. The molecule has 1 aromatic heterocycles. The number of aromatic nitrogens is 1. The molecule has 0 fully saturated rings. The quantitative estimate of drug-likeness (QED) is 0.864. The van der Waals surface area contributed by atoms with Crippen LogP contribution in [-0.2, 0) is 4.79 Å². The number of nitrogens with zero attached hydrogens (tertiary/aromatic N) is 3. The molecule has 2 aromatic rings. The van der Waals surface area contributed by atoms with Crippen LogP contribution in [0.4, 0.5) is 11.4 Å². The number of amides is 2. The van der Waals surface area contributed by atoms with Gasteiger partial charge in [-0.2, -0.15) is 4.98 Å². The lowest BCUT2D eigenvalue weighted by Crippen LogP contribution is -2.61. The molecule has 0 spiro atoms. The molecule has 2 heterocycles. The van der Waals surface area contributed by atoms with Crippen LogP contribution in [0.15, 0.2) is 34.9 Å². The van der Waals surface area contributed by atoms with Crippen molar-refractivity contribution in [2.45, 2.75) is 26.3 Å². The lowest BCUT2D eigenvalue weighted by molar-refractivity contribution is -0.122. The van der Waals surface area contributed by atoms with Gasteiger partial charge in [0.15, 0.2) is 5.69 Å². The molecular weight excluding hydrogens is 310 g/mol. The van der Waals surface area contributed by atoms with Crippen LogP contribution in [-0.4, -0.2) is 36.0 Å². The Hall–Kier alpha value is -2.83. The van der Waals surface area contributed by atoms with Gasteiger partial charge in [-0.25, -0.2) is 0 Å². The maximum absolute atomic E-state index is 13.0. The van der Waals surface area contributed by atoms with Crippen molar-refractivity contribution >= 4 is 23.2 Å². The van der Waals surface area contributed by atoms with E-state index in [4.69, 9.17) is 9.15 Å². The first kappa shape index (κ1) is 16.0. The minimum Gasteiger partial charge on any atom is -0.450 e. The fourth-order valence-electron chi connectivity index (χ4n) is 2.88. The van der Waals surface area contributed by atoms with E-state index in [1.54, 1.807) is 38.8 Å². The molecule has 1 aliphatic rings. The number of carbonyl (C=O) groups is 2. The Labute approximate surface area is 139 Å². The Bertz CT molecular complexity index is 797. The van der Waals surface area contributed by atoms with E-state index >= 15 is 0 Å². The van der Waals surface area contributed by atoms with Crippen molar-refractivity contribution in [2.24, 2.45) is 0 Å². The Morgan fingerprint density at radius 1 is 1.29 bits per heavy atom. The molecule has 0 bridgehead atoms. The molecule has 7 heteroatoms. The van der Waals surface area contributed by atoms with Crippen LogP contribution in [0.3, 0.4) is 0 Å². The van der Waals surface area contributed by atoms with E-state index in [0.29, 0.717) is 18.0 Å². The van der Waals surface area contributed by atoms with Gasteiger partial charge >= 0.3 is 6.08 Å². The normalized spacial score (nSPS) is 16.1. The minimum atomic E-state index is -1.05. The highest BCUT2D eigenvalue weighted by Crippen LogP contribution is 2.40. The number of ether oxygens (including phenoxy) is 1. The van der Waals surface area contributed by atoms with Crippen LogP contribution >= 0.6 is 0 Å². The van der Waals surface area contributed by atoms with E-state index in [2.05, 4.69) is 4.98 Å². The summed E-state index contributed by atoms with van der Waals surface area (Å²) in [7, 11) is 1.70. The van der Waals surface area contributed by atoms with Crippen LogP contribution in [0, 0.1) is 0 Å². The average Bonchev–Trinajstić information content (AvgIpc) is 3.02. The Morgan fingerprint density at radius 3 is 2.62 bits per heavy atom. The number of oxazole rings is 1. The predicted molar refractivity (Wildman–Crippen MR) is 88.4 cm³/mol. The first-order chi connectivity index (χ1) is 11.4. The molecule has 0 N–H and O–H groups in total. The molecule has 24 heavy (non-hydrogen) atoms. The Balaban J connectivity index is 2.08. The highest BCUT2D eigenvalue weighted by Gasteiger charge is 2.47. The van der Waals surface area contributed by atoms with Crippen molar-refractivity contribution in [2.75, 3.05) is 23.5 Å². The van der Waals surface area contributed by atoms with Gasteiger partial charge in [-0.05, 0) is 32.9 Å². The molecule has 1 aromatic carbocycles. The van der Waals surface area contributed by atoms with E-state index in [1.165, 1.54) is 11.2 Å². The van der Waals surface area contributed by atoms with Gasteiger partial charge in [-0.1, -0.05) is 12.1 Å². The van der Waals surface area contributed by atoms with Crippen molar-refractivity contribution in [1.29, 1.82) is 0 Å². The maximum Gasteiger partial charge on any atom is 0.394 e. The second-order valence-electron chi connectivity index (χ2n) is 5.98. The lowest BCUT2D eigenvalue weighted by Gasteiger charge is -2.45. The Kier molecular flexibility index (Phi) is 3.79. The molecule has 0 unspecified atom stereocenters. The molecule has 0 atom stereocenters. The molecule has 7 nitrogen and oxygen atoms in total. The van der Waals surface area contributed by atoms with E-state index in [0.717, 1.165) is 0 Å². The monoisotopic (exact) mass is 329 g/mol. The standard InChI is InChI=1S/C17H19N3O4/c1-5-23-16-18-11(10-24-16)14(21)20-13-9-7-6-8-12(13)19(4)15(22)17(20,2)3/h6-10H,5H2,1-4H3. The molecule has 0 radical (unpaired) electrons.